The molecule has 0 aliphatic carbocycles. The first-order valence-electron chi connectivity index (χ1n) is 6.64. The quantitative estimate of drug-likeness (QED) is 0.659. The van der Waals surface area contributed by atoms with E-state index in [4.69, 9.17) is 0 Å². The molecule has 0 aromatic carbocycles. The van der Waals surface area contributed by atoms with Crippen LogP contribution in [0.4, 0.5) is 0 Å². The lowest BCUT2D eigenvalue weighted by Gasteiger charge is -2.10. The topological polar surface area (TPSA) is 49.3 Å². The summed E-state index contributed by atoms with van der Waals surface area (Å²) in [4.78, 5) is 11.3. The lowest BCUT2D eigenvalue weighted by molar-refractivity contribution is 0.809. The maximum absolute atomic E-state index is 4.39. The minimum atomic E-state index is 0.716. The van der Waals surface area contributed by atoms with Crippen LogP contribution in [-0.4, -0.2) is 18.0 Å². The summed E-state index contributed by atoms with van der Waals surface area (Å²) in [6.07, 6.45) is 3.00. The smallest absolute Gasteiger partial charge is 0.191 e. The van der Waals surface area contributed by atoms with Crippen molar-refractivity contribution in [1.82, 2.24) is 15.6 Å². The van der Waals surface area contributed by atoms with Gasteiger partial charge in [-0.25, -0.2) is 4.98 Å². The minimum Gasteiger partial charge on any atom is -0.352 e. The Morgan fingerprint density at radius 2 is 2.15 bits per heavy atom. The second kappa shape index (κ2) is 7.40. The largest absolute Gasteiger partial charge is 0.352 e. The highest BCUT2D eigenvalue weighted by atomic mass is 32.1. The van der Waals surface area contributed by atoms with Gasteiger partial charge in [0.25, 0.3) is 0 Å². The number of thiazole rings is 1. The highest BCUT2D eigenvalue weighted by Gasteiger charge is 2.04. The molecule has 0 saturated carbocycles. The second-order valence-electron chi connectivity index (χ2n) is 4.38. The Balaban J connectivity index is 1.82. The van der Waals surface area contributed by atoms with Crippen molar-refractivity contribution in [2.75, 3.05) is 7.05 Å². The molecular formula is C14H20N4S2. The summed E-state index contributed by atoms with van der Waals surface area (Å²) in [6, 6.07) is 2.14. The number of nitrogens with zero attached hydrogens (tertiary/aromatic N) is 2. The summed E-state index contributed by atoms with van der Waals surface area (Å²) in [5, 5.41) is 9.84. The van der Waals surface area contributed by atoms with E-state index in [2.05, 4.69) is 45.9 Å². The zero-order valence-corrected chi connectivity index (χ0v) is 13.7. The Bertz CT molecular complexity index is 571. The van der Waals surface area contributed by atoms with Gasteiger partial charge >= 0.3 is 0 Å². The molecule has 4 nitrogen and oxygen atoms in total. The number of rotatable bonds is 5. The van der Waals surface area contributed by atoms with Gasteiger partial charge in [0.1, 0.15) is 5.01 Å². The standard InChI is InChI=1S/C14H20N4S2/c1-4-11-7-16-13(20-11)9-18-14(15-3)17-8-12-10(2)5-6-19-12/h5-7H,4,8-9H2,1-3H3,(H2,15,17,18). The van der Waals surface area contributed by atoms with Gasteiger partial charge in [0, 0.05) is 23.0 Å². The van der Waals surface area contributed by atoms with Crippen molar-refractivity contribution < 1.29 is 0 Å². The van der Waals surface area contributed by atoms with Crippen LogP contribution in [0.1, 0.15) is 27.2 Å². The average Bonchev–Trinajstić information content (AvgIpc) is 3.08. The predicted octanol–water partition coefficient (Wildman–Crippen LogP) is 2.94. The van der Waals surface area contributed by atoms with Crippen LogP contribution in [0.5, 0.6) is 0 Å². The monoisotopic (exact) mass is 308 g/mol. The molecule has 0 saturated heterocycles. The first kappa shape index (κ1) is 15.0. The normalized spacial score (nSPS) is 11.7. The molecule has 0 unspecified atom stereocenters. The molecule has 0 atom stereocenters. The summed E-state index contributed by atoms with van der Waals surface area (Å²) < 4.78 is 0. The van der Waals surface area contributed by atoms with Crippen LogP contribution in [0.2, 0.25) is 0 Å². The third kappa shape index (κ3) is 4.05. The Hall–Kier alpha value is -1.40. The van der Waals surface area contributed by atoms with Gasteiger partial charge in [-0.05, 0) is 30.4 Å². The lowest BCUT2D eigenvalue weighted by atomic mass is 10.3. The number of aromatic nitrogens is 1. The molecular weight excluding hydrogens is 288 g/mol. The predicted molar refractivity (Wildman–Crippen MR) is 87.6 cm³/mol. The van der Waals surface area contributed by atoms with E-state index in [0.29, 0.717) is 6.54 Å². The molecule has 2 N–H and O–H groups in total. The summed E-state index contributed by atoms with van der Waals surface area (Å²) in [5.41, 5.74) is 1.32. The Morgan fingerprint density at radius 3 is 2.75 bits per heavy atom. The molecule has 6 heteroatoms. The Labute approximate surface area is 128 Å². The first-order chi connectivity index (χ1) is 9.72. The van der Waals surface area contributed by atoms with Crippen molar-refractivity contribution in [3.05, 3.63) is 38.0 Å². The fourth-order valence-electron chi connectivity index (χ4n) is 1.72. The van der Waals surface area contributed by atoms with E-state index in [0.717, 1.165) is 23.9 Å². The molecule has 0 radical (unpaired) electrons. The molecule has 0 aliphatic rings. The Morgan fingerprint density at radius 1 is 1.35 bits per heavy atom. The SMILES string of the molecule is CCc1cnc(CNC(=NC)NCc2sccc2C)s1. The van der Waals surface area contributed by atoms with Gasteiger partial charge in [0.05, 0.1) is 13.1 Å². The summed E-state index contributed by atoms with van der Waals surface area (Å²) in [5.74, 6) is 0.811. The van der Waals surface area contributed by atoms with Gasteiger partial charge in [-0.2, -0.15) is 0 Å². The lowest BCUT2D eigenvalue weighted by Crippen LogP contribution is -2.36. The van der Waals surface area contributed by atoms with E-state index < -0.39 is 0 Å². The average molecular weight is 308 g/mol. The zero-order valence-electron chi connectivity index (χ0n) is 12.1. The van der Waals surface area contributed by atoms with E-state index in [1.165, 1.54) is 15.3 Å². The fraction of sp³-hybridized carbons (Fsp3) is 0.429. The minimum absolute atomic E-state index is 0.716. The molecule has 2 aromatic rings. The van der Waals surface area contributed by atoms with Crippen LogP contribution in [0, 0.1) is 6.92 Å². The molecule has 0 fully saturated rings. The van der Waals surface area contributed by atoms with Crippen molar-refractivity contribution >= 4 is 28.6 Å². The molecule has 108 valence electrons. The van der Waals surface area contributed by atoms with E-state index >= 15 is 0 Å². The molecule has 20 heavy (non-hydrogen) atoms. The molecule has 0 spiro atoms. The molecule has 0 bridgehead atoms. The number of hydrogen-bond acceptors (Lipinski definition) is 4. The highest BCUT2D eigenvalue weighted by molar-refractivity contribution is 7.11. The number of hydrogen-bond donors (Lipinski definition) is 2. The van der Waals surface area contributed by atoms with Crippen LogP contribution >= 0.6 is 22.7 Å². The van der Waals surface area contributed by atoms with Crippen LogP contribution in [-0.2, 0) is 19.5 Å². The van der Waals surface area contributed by atoms with Gasteiger partial charge in [-0.3, -0.25) is 4.99 Å². The highest BCUT2D eigenvalue weighted by Crippen LogP contribution is 2.15. The Kier molecular flexibility index (Phi) is 5.55. The van der Waals surface area contributed by atoms with Crippen LogP contribution in [0.3, 0.4) is 0 Å². The molecule has 0 aliphatic heterocycles. The fourth-order valence-corrected chi connectivity index (χ4v) is 3.37. The number of aliphatic imine (C=N–C) groups is 1. The van der Waals surface area contributed by atoms with Gasteiger partial charge in [0.2, 0.25) is 0 Å². The number of thiophene rings is 1. The van der Waals surface area contributed by atoms with Crippen molar-refractivity contribution in [1.29, 1.82) is 0 Å². The van der Waals surface area contributed by atoms with E-state index in [1.54, 1.807) is 29.7 Å². The third-order valence-electron chi connectivity index (χ3n) is 2.97. The maximum Gasteiger partial charge on any atom is 0.191 e. The first-order valence-corrected chi connectivity index (χ1v) is 8.33. The molecule has 2 heterocycles. The van der Waals surface area contributed by atoms with Crippen molar-refractivity contribution in [3.63, 3.8) is 0 Å². The number of aryl methyl sites for hydroxylation is 2. The number of nitrogens with one attached hydrogen (secondary N) is 2. The van der Waals surface area contributed by atoms with E-state index in [9.17, 15) is 0 Å². The van der Waals surface area contributed by atoms with E-state index in [1.807, 2.05) is 6.20 Å². The maximum atomic E-state index is 4.39. The summed E-state index contributed by atoms with van der Waals surface area (Å²) in [6.45, 7) is 5.80. The van der Waals surface area contributed by atoms with Gasteiger partial charge in [-0.1, -0.05) is 6.92 Å². The van der Waals surface area contributed by atoms with Gasteiger partial charge < -0.3 is 10.6 Å². The van der Waals surface area contributed by atoms with Crippen molar-refractivity contribution in [2.45, 2.75) is 33.4 Å². The third-order valence-corrected chi connectivity index (χ3v) is 5.13. The number of guanidine groups is 1. The zero-order chi connectivity index (χ0) is 14.4. The van der Waals surface area contributed by atoms with Crippen LogP contribution in [0.25, 0.3) is 0 Å². The van der Waals surface area contributed by atoms with E-state index in [-0.39, 0.29) is 0 Å². The molecule has 2 aromatic heterocycles. The van der Waals surface area contributed by atoms with Gasteiger partial charge in [0.15, 0.2) is 5.96 Å². The molecule has 2 rings (SSSR count). The summed E-state index contributed by atoms with van der Waals surface area (Å²) in [7, 11) is 1.79. The van der Waals surface area contributed by atoms with Crippen LogP contribution in [0.15, 0.2) is 22.6 Å². The molecule has 0 amide bonds. The van der Waals surface area contributed by atoms with Crippen LogP contribution < -0.4 is 10.6 Å². The van der Waals surface area contributed by atoms with Crippen molar-refractivity contribution in [3.8, 4) is 0 Å². The second-order valence-corrected chi connectivity index (χ2v) is 6.58. The van der Waals surface area contributed by atoms with Gasteiger partial charge in [-0.15, -0.1) is 22.7 Å². The summed E-state index contributed by atoms with van der Waals surface area (Å²) >= 11 is 3.52. The van der Waals surface area contributed by atoms with Crippen molar-refractivity contribution in [2.24, 2.45) is 4.99 Å².